The monoisotopic (exact) mass is 422 g/mol. The Labute approximate surface area is 151 Å². The van der Waals surface area contributed by atoms with Crippen LogP contribution in [0.3, 0.4) is 0 Å². The van der Waals surface area contributed by atoms with Gasteiger partial charge in [-0.25, -0.2) is 9.98 Å². The Morgan fingerprint density at radius 1 is 1.23 bits per heavy atom. The zero-order chi connectivity index (χ0) is 15.7. The van der Waals surface area contributed by atoms with E-state index >= 15 is 0 Å². The number of nitrogens with one attached hydrogen (secondary N) is 2. The molecule has 128 valence electrons. The van der Waals surface area contributed by atoms with Gasteiger partial charge in [-0.2, -0.15) is 0 Å². The molecule has 1 aromatic rings. The summed E-state index contributed by atoms with van der Waals surface area (Å²) < 4.78 is 5.75. The van der Waals surface area contributed by atoms with Crippen molar-refractivity contribution in [1.29, 1.82) is 0 Å². The summed E-state index contributed by atoms with van der Waals surface area (Å²) in [6.45, 7) is 12.8. The number of hydrogen-bond donors (Lipinski definition) is 2. The van der Waals surface area contributed by atoms with Crippen molar-refractivity contribution in [2.24, 2.45) is 4.99 Å². The van der Waals surface area contributed by atoms with Crippen molar-refractivity contribution < 1.29 is 4.42 Å². The summed E-state index contributed by atoms with van der Waals surface area (Å²) >= 11 is 0. The summed E-state index contributed by atoms with van der Waals surface area (Å²) in [5, 5.41) is 6.57. The molecule has 1 heterocycles. The molecule has 0 amide bonds. The van der Waals surface area contributed by atoms with Crippen LogP contribution < -0.4 is 10.6 Å². The van der Waals surface area contributed by atoms with Crippen LogP contribution in [0.25, 0.3) is 0 Å². The molecule has 5 nitrogen and oxygen atoms in total. The first-order valence-electron chi connectivity index (χ1n) is 7.94. The molecule has 1 rings (SSSR count). The van der Waals surface area contributed by atoms with Gasteiger partial charge < -0.3 is 15.1 Å². The average Bonchev–Trinajstić information content (AvgIpc) is 2.89. The predicted molar refractivity (Wildman–Crippen MR) is 103 cm³/mol. The molecular weight excluding hydrogens is 391 g/mol. The number of nitrogens with zero attached hydrogens (tertiary/aromatic N) is 2. The summed E-state index contributed by atoms with van der Waals surface area (Å²) in [6.07, 6.45) is 5.42. The number of rotatable bonds is 7. The lowest BCUT2D eigenvalue weighted by atomic mass is 9.94. The second-order valence-corrected chi connectivity index (χ2v) is 6.20. The molecule has 0 radical (unpaired) electrons. The molecule has 0 atom stereocenters. The molecule has 22 heavy (non-hydrogen) atoms. The quantitative estimate of drug-likeness (QED) is 0.304. The molecule has 0 fully saturated rings. The van der Waals surface area contributed by atoms with Crippen LogP contribution in [0.4, 0.5) is 0 Å². The second-order valence-electron chi connectivity index (χ2n) is 6.20. The number of guanidine groups is 1. The molecule has 0 spiro atoms. The predicted octanol–water partition coefficient (Wildman–Crippen LogP) is 3.84. The van der Waals surface area contributed by atoms with Crippen molar-refractivity contribution in [3.8, 4) is 0 Å². The van der Waals surface area contributed by atoms with Crippen LogP contribution in [-0.4, -0.2) is 24.0 Å². The highest BCUT2D eigenvalue weighted by atomic mass is 127. The first-order chi connectivity index (χ1) is 9.97. The number of halogens is 1. The lowest BCUT2D eigenvalue weighted by Gasteiger charge is -2.13. The highest BCUT2D eigenvalue weighted by Crippen LogP contribution is 2.22. The fourth-order valence-corrected chi connectivity index (χ4v) is 1.80. The Bertz CT molecular complexity index is 438. The SMILES string of the molecule is CCCCCNC(=NCc1ncc(C(C)(C)C)o1)NCC.I. The van der Waals surface area contributed by atoms with Gasteiger partial charge in [0.15, 0.2) is 5.96 Å². The van der Waals surface area contributed by atoms with E-state index in [1.165, 1.54) is 12.8 Å². The van der Waals surface area contributed by atoms with Crippen LogP contribution in [0.15, 0.2) is 15.6 Å². The molecule has 2 N–H and O–H groups in total. The minimum absolute atomic E-state index is 0. The van der Waals surface area contributed by atoms with E-state index < -0.39 is 0 Å². The van der Waals surface area contributed by atoms with Gasteiger partial charge in [0, 0.05) is 18.5 Å². The third-order valence-electron chi connectivity index (χ3n) is 3.08. The Morgan fingerprint density at radius 2 is 1.95 bits per heavy atom. The molecular formula is C16H31IN4O. The van der Waals surface area contributed by atoms with Gasteiger partial charge in [-0.15, -0.1) is 24.0 Å². The standard InChI is InChI=1S/C16H30N4O.HI/c1-6-8-9-10-18-15(17-7-2)20-12-14-19-11-13(21-14)16(3,4)5;/h11H,6-10,12H2,1-5H3,(H2,17,18,20);1H. The van der Waals surface area contributed by atoms with Gasteiger partial charge in [-0.3, -0.25) is 0 Å². The molecule has 0 bridgehead atoms. The molecule has 0 aliphatic carbocycles. The van der Waals surface area contributed by atoms with E-state index in [1.807, 2.05) is 0 Å². The van der Waals surface area contributed by atoms with Gasteiger partial charge in [-0.1, -0.05) is 40.5 Å². The maximum absolute atomic E-state index is 5.75. The van der Waals surface area contributed by atoms with E-state index in [9.17, 15) is 0 Å². The zero-order valence-electron chi connectivity index (χ0n) is 14.5. The summed E-state index contributed by atoms with van der Waals surface area (Å²) in [5.74, 6) is 2.38. The third-order valence-corrected chi connectivity index (χ3v) is 3.08. The van der Waals surface area contributed by atoms with Crippen molar-refractivity contribution >= 4 is 29.9 Å². The first kappa shape index (κ1) is 21.2. The smallest absolute Gasteiger partial charge is 0.216 e. The van der Waals surface area contributed by atoms with Gasteiger partial charge in [-0.05, 0) is 13.3 Å². The molecule has 0 aromatic carbocycles. The van der Waals surface area contributed by atoms with Gasteiger partial charge in [0.2, 0.25) is 5.89 Å². The number of hydrogen-bond acceptors (Lipinski definition) is 3. The minimum atomic E-state index is -0.0160. The molecule has 6 heteroatoms. The van der Waals surface area contributed by atoms with Crippen LogP contribution >= 0.6 is 24.0 Å². The molecule has 0 aliphatic heterocycles. The van der Waals surface area contributed by atoms with Gasteiger partial charge in [0.25, 0.3) is 0 Å². The first-order valence-corrected chi connectivity index (χ1v) is 7.94. The van der Waals surface area contributed by atoms with Crippen molar-refractivity contribution in [3.05, 3.63) is 17.8 Å². The summed E-state index contributed by atoms with van der Waals surface area (Å²) in [4.78, 5) is 8.81. The van der Waals surface area contributed by atoms with Crippen molar-refractivity contribution in [2.45, 2.75) is 65.8 Å². The Morgan fingerprint density at radius 3 is 2.50 bits per heavy atom. The van der Waals surface area contributed by atoms with E-state index in [0.29, 0.717) is 12.4 Å². The van der Waals surface area contributed by atoms with Crippen LogP contribution in [0, 0.1) is 0 Å². The Balaban J connectivity index is 0.00000441. The van der Waals surface area contributed by atoms with E-state index in [0.717, 1.165) is 31.2 Å². The fourth-order valence-electron chi connectivity index (χ4n) is 1.80. The fraction of sp³-hybridized carbons (Fsp3) is 0.750. The van der Waals surface area contributed by atoms with Crippen LogP contribution in [0.1, 0.15) is 65.5 Å². The summed E-state index contributed by atoms with van der Waals surface area (Å²) in [7, 11) is 0. The van der Waals surface area contributed by atoms with E-state index in [1.54, 1.807) is 6.20 Å². The Hall–Kier alpha value is -0.790. The lowest BCUT2D eigenvalue weighted by Crippen LogP contribution is -2.37. The lowest BCUT2D eigenvalue weighted by molar-refractivity contribution is 0.383. The van der Waals surface area contributed by atoms with E-state index in [-0.39, 0.29) is 29.4 Å². The molecule has 0 saturated carbocycles. The van der Waals surface area contributed by atoms with Gasteiger partial charge in [0.05, 0.1) is 6.20 Å². The van der Waals surface area contributed by atoms with Gasteiger partial charge in [0.1, 0.15) is 12.3 Å². The average molecular weight is 422 g/mol. The van der Waals surface area contributed by atoms with Crippen LogP contribution in [-0.2, 0) is 12.0 Å². The molecule has 0 aliphatic rings. The summed E-state index contributed by atoms with van der Waals surface area (Å²) in [5.41, 5.74) is -0.0160. The topological polar surface area (TPSA) is 62.5 Å². The molecule has 0 unspecified atom stereocenters. The number of unbranched alkanes of at least 4 members (excludes halogenated alkanes) is 2. The highest BCUT2D eigenvalue weighted by molar-refractivity contribution is 14.0. The maximum Gasteiger partial charge on any atom is 0.216 e. The molecule has 0 saturated heterocycles. The van der Waals surface area contributed by atoms with Crippen molar-refractivity contribution in [3.63, 3.8) is 0 Å². The number of aromatic nitrogens is 1. The van der Waals surface area contributed by atoms with Crippen molar-refractivity contribution in [2.75, 3.05) is 13.1 Å². The number of aliphatic imine (C=N–C) groups is 1. The minimum Gasteiger partial charge on any atom is -0.443 e. The van der Waals surface area contributed by atoms with Crippen LogP contribution in [0.5, 0.6) is 0 Å². The summed E-state index contributed by atoms with van der Waals surface area (Å²) in [6, 6.07) is 0. The largest absolute Gasteiger partial charge is 0.443 e. The van der Waals surface area contributed by atoms with E-state index in [4.69, 9.17) is 4.42 Å². The normalized spacial score (nSPS) is 12.0. The maximum atomic E-state index is 5.75. The zero-order valence-corrected chi connectivity index (χ0v) is 16.9. The van der Waals surface area contributed by atoms with Gasteiger partial charge >= 0.3 is 0 Å². The Kier molecular flexibility index (Phi) is 10.5. The highest BCUT2D eigenvalue weighted by Gasteiger charge is 2.18. The number of oxazole rings is 1. The third kappa shape index (κ3) is 8.00. The second kappa shape index (κ2) is 10.9. The molecule has 1 aromatic heterocycles. The van der Waals surface area contributed by atoms with E-state index in [2.05, 4.69) is 55.2 Å². The van der Waals surface area contributed by atoms with Crippen LogP contribution in [0.2, 0.25) is 0 Å². The van der Waals surface area contributed by atoms with Crippen molar-refractivity contribution in [1.82, 2.24) is 15.6 Å².